The quantitative estimate of drug-likeness (QED) is 0.508. The Balaban J connectivity index is 1.36. The van der Waals surface area contributed by atoms with Gasteiger partial charge in [-0.15, -0.1) is 0 Å². The molecule has 0 unspecified atom stereocenters. The zero-order valence-corrected chi connectivity index (χ0v) is 20.8. The van der Waals surface area contributed by atoms with Crippen LogP contribution in [0, 0.1) is 23.4 Å². The number of halogens is 3. The molecule has 0 spiro atoms. The smallest absolute Gasteiger partial charge is 0.296 e. The summed E-state index contributed by atoms with van der Waals surface area (Å²) in [6, 6.07) is 3.36. The van der Waals surface area contributed by atoms with Crippen LogP contribution in [0.25, 0.3) is 28.0 Å². The predicted molar refractivity (Wildman–Crippen MR) is 131 cm³/mol. The van der Waals surface area contributed by atoms with Gasteiger partial charge in [-0.1, -0.05) is 6.08 Å². The summed E-state index contributed by atoms with van der Waals surface area (Å²) in [5.74, 6) is -3.43. The highest BCUT2D eigenvalue weighted by Crippen LogP contribution is 2.35. The lowest BCUT2D eigenvalue weighted by Gasteiger charge is -2.34. The molecule has 2 aromatic heterocycles. The topological polar surface area (TPSA) is 112 Å². The molecule has 2 amide bonds. The molecule has 9 nitrogen and oxygen atoms in total. The van der Waals surface area contributed by atoms with Crippen molar-refractivity contribution < 1.29 is 32.6 Å². The van der Waals surface area contributed by atoms with Gasteiger partial charge in [0.05, 0.1) is 11.1 Å². The van der Waals surface area contributed by atoms with Crippen LogP contribution in [-0.2, 0) is 9.59 Å². The zero-order valence-electron chi connectivity index (χ0n) is 20.8. The van der Waals surface area contributed by atoms with Crippen molar-refractivity contribution in [3.05, 3.63) is 47.3 Å². The second-order valence-corrected chi connectivity index (χ2v) is 9.66. The van der Waals surface area contributed by atoms with Crippen LogP contribution in [0.2, 0.25) is 0 Å². The fourth-order valence-electron chi connectivity index (χ4n) is 4.76. The van der Waals surface area contributed by atoms with Gasteiger partial charge in [-0.25, -0.2) is 18.2 Å². The molecule has 12 heteroatoms. The van der Waals surface area contributed by atoms with Crippen LogP contribution in [0.5, 0.6) is 6.01 Å². The fraction of sp³-hybridized carbons (Fsp3) is 0.385. The number of aromatic amines is 1. The summed E-state index contributed by atoms with van der Waals surface area (Å²) in [6.45, 7) is -0.0871. The normalized spacial score (nSPS) is 19.2. The number of rotatable bonds is 6. The molecular weight excluding hydrogens is 503 g/mol. The molecule has 1 aliphatic heterocycles. The van der Waals surface area contributed by atoms with E-state index in [-0.39, 0.29) is 47.2 Å². The van der Waals surface area contributed by atoms with Crippen molar-refractivity contribution in [2.45, 2.75) is 25.4 Å². The highest BCUT2D eigenvalue weighted by atomic mass is 19.1. The second kappa shape index (κ2) is 10.1. The largest absolute Gasteiger partial charge is 0.461 e. The Hall–Kier alpha value is -3.93. The number of aromatic nitrogens is 3. The number of H-pyrrole nitrogens is 1. The van der Waals surface area contributed by atoms with Gasteiger partial charge >= 0.3 is 0 Å². The number of aliphatic hydroxyl groups is 1. The number of aliphatic hydroxyl groups excluding tert-OH is 1. The molecule has 3 heterocycles. The van der Waals surface area contributed by atoms with Gasteiger partial charge in [0.1, 0.15) is 30.0 Å². The summed E-state index contributed by atoms with van der Waals surface area (Å²) < 4.78 is 50.9. The van der Waals surface area contributed by atoms with E-state index >= 15 is 8.78 Å². The number of hydrogen-bond acceptors (Lipinski definition) is 6. The highest BCUT2D eigenvalue weighted by molar-refractivity contribution is 5.81. The van der Waals surface area contributed by atoms with Gasteiger partial charge in [0.25, 0.3) is 6.01 Å². The van der Waals surface area contributed by atoms with Crippen molar-refractivity contribution in [3.8, 4) is 17.3 Å². The molecule has 2 aliphatic rings. The van der Waals surface area contributed by atoms with Crippen molar-refractivity contribution in [1.29, 1.82) is 0 Å². The van der Waals surface area contributed by atoms with E-state index in [2.05, 4.69) is 15.0 Å². The maximum absolute atomic E-state index is 15.1. The Morgan fingerprint density at radius 3 is 2.45 bits per heavy atom. The predicted octanol–water partition coefficient (Wildman–Crippen LogP) is 2.90. The molecule has 200 valence electrons. The number of nitrogens with zero attached hydrogens (tertiary/aromatic N) is 4. The third kappa shape index (κ3) is 4.83. The molecule has 0 bridgehead atoms. The molecule has 3 aromatic rings. The number of pyridine rings is 1. The van der Waals surface area contributed by atoms with Crippen molar-refractivity contribution in [2.24, 2.45) is 5.92 Å². The molecule has 1 aromatic carbocycles. The van der Waals surface area contributed by atoms with Crippen molar-refractivity contribution >= 4 is 28.6 Å². The molecule has 5 rings (SSSR count). The molecule has 0 atom stereocenters. The molecule has 1 aliphatic carbocycles. The first-order valence-electron chi connectivity index (χ1n) is 12.2. The lowest BCUT2D eigenvalue weighted by molar-refractivity contribution is -0.139. The van der Waals surface area contributed by atoms with E-state index in [4.69, 9.17) is 9.84 Å². The minimum Gasteiger partial charge on any atom is -0.461 e. The first-order valence-corrected chi connectivity index (χ1v) is 12.2. The molecule has 0 radical (unpaired) electrons. The Kier molecular flexibility index (Phi) is 6.82. The highest BCUT2D eigenvalue weighted by Gasteiger charge is 2.37. The molecule has 1 saturated carbocycles. The van der Waals surface area contributed by atoms with Gasteiger partial charge in [0.15, 0.2) is 11.5 Å². The number of benzene rings is 1. The number of ether oxygens (including phenoxy) is 1. The van der Waals surface area contributed by atoms with Crippen LogP contribution < -0.4 is 4.74 Å². The number of nitrogens with one attached hydrogen (secondary N) is 1. The Labute approximate surface area is 215 Å². The maximum Gasteiger partial charge on any atom is 0.296 e. The van der Waals surface area contributed by atoms with E-state index in [1.54, 1.807) is 20.2 Å². The van der Waals surface area contributed by atoms with E-state index in [0.717, 1.165) is 18.2 Å². The zero-order chi connectivity index (χ0) is 27.1. The van der Waals surface area contributed by atoms with E-state index in [1.807, 2.05) is 0 Å². The van der Waals surface area contributed by atoms with Crippen LogP contribution in [0.15, 0.2) is 24.3 Å². The van der Waals surface area contributed by atoms with Crippen LogP contribution in [0.4, 0.5) is 13.2 Å². The third-order valence-corrected chi connectivity index (χ3v) is 6.91. The minimum atomic E-state index is -0.987. The number of carbonyl (C=O) groups excluding carboxylic acids is 2. The number of amides is 2. The monoisotopic (exact) mass is 529 g/mol. The molecule has 38 heavy (non-hydrogen) atoms. The SMILES string of the molecule is CN(C)C(=O)[C@H]1C[C@@H](Oc2nc3nc(-c4c(F)cc(C5=CCN(C(=O)CO)CC5)cc4F)c(F)cc3[nH]2)C1. The van der Waals surface area contributed by atoms with Crippen molar-refractivity contribution in [1.82, 2.24) is 24.8 Å². The summed E-state index contributed by atoms with van der Waals surface area (Å²) in [5.41, 5.74) is 0.0189. The first kappa shape index (κ1) is 25.7. The maximum atomic E-state index is 15.1. The van der Waals surface area contributed by atoms with Gasteiger partial charge in [-0.05, 0) is 42.5 Å². The molecule has 1 fully saturated rings. The van der Waals surface area contributed by atoms with E-state index in [9.17, 15) is 14.0 Å². The van der Waals surface area contributed by atoms with Crippen LogP contribution in [0.3, 0.4) is 0 Å². The third-order valence-electron chi connectivity index (χ3n) is 6.91. The second-order valence-electron chi connectivity index (χ2n) is 9.66. The van der Waals surface area contributed by atoms with E-state index < -0.39 is 41.2 Å². The Morgan fingerprint density at radius 1 is 1.13 bits per heavy atom. The van der Waals surface area contributed by atoms with Gasteiger partial charge in [0, 0.05) is 39.2 Å². The Morgan fingerprint density at radius 2 is 1.84 bits per heavy atom. The number of imidazole rings is 1. The van der Waals surface area contributed by atoms with E-state index in [0.29, 0.717) is 31.4 Å². The van der Waals surface area contributed by atoms with Crippen molar-refractivity contribution in [2.75, 3.05) is 33.8 Å². The van der Waals surface area contributed by atoms with Gasteiger partial charge in [0.2, 0.25) is 11.8 Å². The summed E-state index contributed by atoms with van der Waals surface area (Å²) in [7, 11) is 3.38. The number of hydrogen-bond donors (Lipinski definition) is 2. The Bertz CT molecular complexity index is 1430. The number of carbonyl (C=O) groups is 2. The lowest BCUT2D eigenvalue weighted by atomic mass is 9.81. The number of fused-ring (bicyclic) bond motifs is 1. The standard InChI is InChI=1S/C26H26F3N5O4/c1-33(2)25(37)15-7-16(8-15)38-26-30-20-11-19(29)23(31-24(20)32-26)22-17(27)9-14(10-18(22)28)13-3-5-34(6-4-13)21(36)12-35/h3,9-11,15-16,35H,4-8,12H2,1-2H3,(H,30,31,32)/t15-,16+. The summed E-state index contributed by atoms with van der Waals surface area (Å²) >= 11 is 0. The fourth-order valence-corrected chi connectivity index (χ4v) is 4.76. The van der Waals surface area contributed by atoms with Crippen LogP contribution in [0.1, 0.15) is 24.8 Å². The summed E-state index contributed by atoms with van der Waals surface area (Å²) in [6.07, 6.45) is 2.83. The average Bonchev–Trinajstić information content (AvgIpc) is 3.25. The lowest BCUT2D eigenvalue weighted by Crippen LogP contribution is -2.43. The molecular formula is C26H26F3N5O4. The molecule has 2 N–H and O–H groups in total. The summed E-state index contributed by atoms with van der Waals surface area (Å²) in [5, 5.41) is 8.99. The van der Waals surface area contributed by atoms with Crippen molar-refractivity contribution in [3.63, 3.8) is 0 Å². The average molecular weight is 530 g/mol. The summed E-state index contributed by atoms with van der Waals surface area (Å²) in [4.78, 5) is 37.7. The van der Waals surface area contributed by atoms with Gasteiger partial charge in [-0.3, -0.25) is 9.59 Å². The first-order chi connectivity index (χ1) is 18.1. The van der Waals surface area contributed by atoms with Crippen LogP contribution >= 0.6 is 0 Å². The van der Waals surface area contributed by atoms with Crippen LogP contribution in [-0.4, -0.2) is 81.6 Å². The van der Waals surface area contributed by atoms with Gasteiger partial charge < -0.3 is 24.6 Å². The van der Waals surface area contributed by atoms with E-state index in [1.165, 1.54) is 9.80 Å². The molecule has 0 saturated heterocycles. The minimum absolute atomic E-state index is 0.0245. The van der Waals surface area contributed by atoms with Gasteiger partial charge in [-0.2, -0.15) is 4.98 Å².